The van der Waals surface area contributed by atoms with Crippen molar-refractivity contribution >= 4 is 33.5 Å². The number of nitrogens with zero attached hydrogens (tertiary/aromatic N) is 2. The second-order valence-corrected chi connectivity index (χ2v) is 6.64. The summed E-state index contributed by atoms with van der Waals surface area (Å²) in [6, 6.07) is 3.42. The van der Waals surface area contributed by atoms with E-state index in [0.29, 0.717) is 0 Å². The summed E-state index contributed by atoms with van der Waals surface area (Å²) < 4.78 is 38.7. The van der Waals surface area contributed by atoms with Crippen molar-refractivity contribution in [2.75, 3.05) is 24.3 Å². The summed E-state index contributed by atoms with van der Waals surface area (Å²) in [5.74, 6) is -2.97. The molecule has 9 nitrogen and oxygen atoms in total. The number of carbonyl (C=O) groups excluding carboxylic acids is 2. The SMILES string of the molecule is COC(=O)c1ccc(N2CC(CS(=O)(=O)F)CC2=O)c([N+](=O)[O-])c1. The van der Waals surface area contributed by atoms with Crippen molar-refractivity contribution in [3.05, 3.63) is 33.9 Å². The fraction of sp³-hybridized carbons (Fsp3) is 0.385. The first-order chi connectivity index (χ1) is 11.1. The predicted molar refractivity (Wildman–Crippen MR) is 79.8 cm³/mol. The van der Waals surface area contributed by atoms with E-state index in [2.05, 4.69) is 4.74 Å². The van der Waals surface area contributed by atoms with E-state index in [1.165, 1.54) is 12.1 Å². The largest absolute Gasteiger partial charge is 0.465 e. The van der Waals surface area contributed by atoms with Gasteiger partial charge in [0.1, 0.15) is 5.69 Å². The normalized spacial score (nSPS) is 17.8. The Bertz CT molecular complexity index is 809. The number of hydrogen-bond acceptors (Lipinski definition) is 7. The van der Waals surface area contributed by atoms with Crippen LogP contribution in [0.3, 0.4) is 0 Å². The number of carbonyl (C=O) groups is 2. The van der Waals surface area contributed by atoms with Crippen LogP contribution < -0.4 is 4.90 Å². The van der Waals surface area contributed by atoms with Gasteiger partial charge in [-0.25, -0.2) is 4.79 Å². The molecule has 1 aromatic carbocycles. The van der Waals surface area contributed by atoms with Gasteiger partial charge in [0, 0.05) is 24.9 Å². The van der Waals surface area contributed by atoms with E-state index in [1.54, 1.807) is 0 Å². The Kier molecular flexibility index (Phi) is 4.83. The number of esters is 1. The molecule has 1 aromatic rings. The van der Waals surface area contributed by atoms with E-state index in [0.717, 1.165) is 18.1 Å². The lowest BCUT2D eigenvalue weighted by atomic mass is 10.1. The van der Waals surface area contributed by atoms with Gasteiger partial charge in [-0.1, -0.05) is 0 Å². The summed E-state index contributed by atoms with van der Waals surface area (Å²) in [5.41, 5.74) is -0.658. The van der Waals surface area contributed by atoms with Crippen LogP contribution >= 0.6 is 0 Å². The fourth-order valence-electron chi connectivity index (χ4n) is 2.55. The zero-order valence-electron chi connectivity index (χ0n) is 12.5. The summed E-state index contributed by atoms with van der Waals surface area (Å²) in [6.45, 7) is -0.166. The highest BCUT2D eigenvalue weighted by Crippen LogP contribution is 2.34. The summed E-state index contributed by atoms with van der Waals surface area (Å²) in [7, 11) is -3.64. The summed E-state index contributed by atoms with van der Waals surface area (Å²) in [5, 5.41) is 11.2. The number of methoxy groups -OCH3 is 1. The Morgan fingerprint density at radius 1 is 1.50 bits per heavy atom. The Balaban J connectivity index is 2.36. The minimum atomic E-state index is -4.76. The molecule has 0 radical (unpaired) electrons. The molecule has 0 bridgehead atoms. The monoisotopic (exact) mass is 360 g/mol. The topological polar surface area (TPSA) is 124 Å². The van der Waals surface area contributed by atoms with Crippen LogP contribution in [-0.4, -0.2) is 44.6 Å². The van der Waals surface area contributed by atoms with Crippen molar-refractivity contribution < 1.29 is 31.6 Å². The number of hydrogen-bond donors (Lipinski definition) is 0. The van der Waals surface area contributed by atoms with Crippen molar-refractivity contribution in [1.82, 2.24) is 0 Å². The zero-order valence-corrected chi connectivity index (χ0v) is 13.3. The van der Waals surface area contributed by atoms with E-state index < -0.39 is 44.4 Å². The quantitative estimate of drug-likeness (QED) is 0.332. The molecule has 24 heavy (non-hydrogen) atoms. The number of nitro benzene ring substituents is 1. The Labute approximate surface area is 136 Å². The minimum absolute atomic E-state index is 0.0671. The molecular weight excluding hydrogens is 347 g/mol. The van der Waals surface area contributed by atoms with Gasteiger partial charge < -0.3 is 9.64 Å². The van der Waals surface area contributed by atoms with E-state index in [4.69, 9.17) is 0 Å². The summed E-state index contributed by atoms with van der Waals surface area (Å²) in [4.78, 5) is 34.9. The summed E-state index contributed by atoms with van der Waals surface area (Å²) >= 11 is 0. The molecule has 1 saturated heterocycles. The third-order valence-corrected chi connectivity index (χ3v) is 4.39. The molecular formula is C13H13FN2O7S. The Morgan fingerprint density at radius 3 is 2.71 bits per heavy atom. The van der Waals surface area contributed by atoms with Gasteiger partial charge in [-0.05, 0) is 12.1 Å². The molecule has 130 valence electrons. The number of benzene rings is 1. The molecule has 1 amide bonds. The Morgan fingerprint density at radius 2 is 2.17 bits per heavy atom. The van der Waals surface area contributed by atoms with Gasteiger partial charge in [0.05, 0.1) is 23.3 Å². The van der Waals surface area contributed by atoms with E-state index >= 15 is 0 Å². The van der Waals surface area contributed by atoms with Gasteiger partial charge >= 0.3 is 16.2 Å². The zero-order chi connectivity index (χ0) is 18.1. The molecule has 1 fully saturated rings. The molecule has 11 heteroatoms. The van der Waals surface area contributed by atoms with E-state index in [9.17, 15) is 32.0 Å². The van der Waals surface area contributed by atoms with Crippen LogP contribution in [0.1, 0.15) is 16.8 Å². The molecule has 0 aliphatic carbocycles. The van der Waals surface area contributed by atoms with Crippen molar-refractivity contribution in [1.29, 1.82) is 0 Å². The number of ether oxygens (including phenoxy) is 1. The van der Waals surface area contributed by atoms with Gasteiger partial charge in [-0.15, -0.1) is 3.89 Å². The van der Waals surface area contributed by atoms with Crippen LogP contribution in [-0.2, 0) is 19.8 Å². The van der Waals surface area contributed by atoms with Crippen LogP contribution in [0.5, 0.6) is 0 Å². The predicted octanol–water partition coefficient (Wildman–Crippen LogP) is 1.03. The molecule has 0 saturated carbocycles. The highest BCUT2D eigenvalue weighted by Gasteiger charge is 2.36. The smallest absolute Gasteiger partial charge is 0.338 e. The third kappa shape index (κ3) is 3.85. The molecule has 2 rings (SSSR count). The highest BCUT2D eigenvalue weighted by molar-refractivity contribution is 7.86. The van der Waals surface area contributed by atoms with Gasteiger partial charge in [-0.2, -0.15) is 8.42 Å². The highest BCUT2D eigenvalue weighted by atomic mass is 32.3. The van der Waals surface area contributed by atoms with Gasteiger partial charge in [0.2, 0.25) is 5.91 Å². The van der Waals surface area contributed by atoms with Crippen LogP contribution in [0.15, 0.2) is 18.2 Å². The number of rotatable bonds is 5. The molecule has 1 atom stereocenters. The van der Waals surface area contributed by atoms with E-state index in [1.807, 2.05) is 0 Å². The first-order valence-corrected chi connectivity index (χ1v) is 8.27. The number of anilines is 1. The van der Waals surface area contributed by atoms with Crippen molar-refractivity contribution in [2.45, 2.75) is 6.42 Å². The van der Waals surface area contributed by atoms with Gasteiger partial charge in [0.15, 0.2) is 0 Å². The maximum Gasteiger partial charge on any atom is 0.338 e. The number of nitro groups is 1. The second kappa shape index (κ2) is 6.51. The maximum atomic E-state index is 12.8. The molecule has 1 aliphatic rings. The summed E-state index contributed by atoms with van der Waals surface area (Å²) in [6.07, 6.45) is -0.237. The lowest BCUT2D eigenvalue weighted by Crippen LogP contribution is -2.26. The number of halogens is 1. The molecule has 1 unspecified atom stereocenters. The first-order valence-electron chi connectivity index (χ1n) is 6.72. The van der Waals surface area contributed by atoms with Crippen LogP contribution in [0, 0.1) is 16.0 Å². The van der Waals surface area contributed by atoms with Gasteiger partial charge in [0.25, 0.3) is 5.69 Å². The van der Waals surface area contributed by atoms with Crippen molar-refractivity contribution in [2.24, 2.45) is 5.92 Å². The Hall–Kier alpha value is -2.56. The molecule has 1 heterocycles. The standard InChI is InChI=1S/C13H13FN2O7S/c1-23-13(18)9-2-3-10(11(5-9)16(19)20)15-6-8(4-12(15)17)7-24(14,21)22/h2-3,5,8H,4,6-7H2,1H3. The molecule has 0 spiro atoms. The third-order valence-electron chi connectivity index (χ3n) is 3.52. The molecule has 1 aliphatic heterocycles. The second-order valence-electron chi connectivity index (χ2n) is 5.23. The number of amides is 1. The lowest BCUT2D eigenvalue weighted by Gasteiger charge is -2.17. The first kappa shape index (κ1) is 17.8. The van der Waals surface area contributed by atoms with Crippen LogP contribution in [0.4, 0.5) is 15.3 Å². The van der Waals surface area contributed by atoms with Gasteiger partial charge in [-0.3, -0.25) is 14.9 Å². The fourth-order valence-corrected chi connectivity index (χ4v) is 3.34. The van der Waals surface area contributed by atoms with E-state index in [-0.39, 0.29) is 24.2 Å². The average molecular weight is 360 g/mol. The van der Waals surface area contributed by atoms with Crippen LogP contribution in [0.2, 0.25) is 0 Å². The average Bonchev–Trinajstić information content (AvgIpc) is 2.83. The van der Waals surface area contributed by atoms with Crippen LogP contribution in [0.25, 0.3) is 0 Å². The molecule has 0 aromatic heterocycles. The lowest BCUT2D eigenvalue weighted by molar-refractivity contribution is -0.384. The van der Waals surface area contributed by atoms with Crippen molar-refractivity contribution in [3.8, 4) is 0 Å². The minimum Gasteiger partial charge on any atom is -0.465 e. The maximum absolute atomic E-state index is 12.8. The van der Waals surface area contributed by atoms with Crippen molar-refractivity contribution in [3.63, 3.8) is 0 Å². The molecule has 0 N–H and O–H groups in total.